The van der Waals surface area contributed by atoms with Gasteiger partial charge in [-0.1, -0.05) is 12.7 Å². The lowest BCUT2D eigenvalue weighted by molar-refractivity contribution is -0.254. The molecule has 0 aliphatic rings. The van der Waals surface area contributed by atoms with E-state index in [9.17, 15) is 9.90 Å². The van der Waals surface area contributed by atoms with E-state index in [0.717, 1.165) is 15.3 Å². The van der Waals surface area contributed by atoms with Crippen LogP contribution in [0.2, 0.25) is 0 Å². The molecule has 1 aromatic heterocycles. The Morgan fingerprint density at radius 2 is 2.31 bits per heavy atom. The van der Waals surface area contributed by atoms with Crippen LogP contribution < -0.4 is 5.11 Å². The van der Waals surface area contributed by atoms with Gasteiger partial charge in [-0.25, -0.2) is 0 Å². The van der Waals surface area contributed by atoms with Crippen molar-refractivity contribution in [2.75, 3.05) is 6.26 Å². The fraction of sp³-hybridized carbons (Fsp3) is 0.222. The van der Waals surface area contributed by atoms with Gasteiger partial charge in [0.2, 0.25) is 0 Å². The number of thioether (sulfide) groups is 1. The van der Waals surface area contributed by atoms with Gasteiger partial charge in [-0.2, -0.15) is 0 Å². The lowest BCUT2D eigenvalue weighted by Crippen LogP contribution is -2.21. The summed E-state index contributed by atoms with van der Waals surface area (Å²) >= 11 is 2.78. The number of carbonyl (C=O) groups is 1. The van der Waals surface area contributed by atoms with E-state index in [2.05, 4.69) is 6.58 Å². The maximum atomic E-state index is 10.7. The lowest BCUT2D eigenvalue weighted by Gasteiger charge is -1.98. The maximum absolute atomic E-state index is 10.7. The summed E-state index contributed by atoms with van der Waals surface area (Å²) in [5, 5.41) is 10.7. The number of hydrogen-bond acceptors (Lipinski definition) is 4. The normalized spacial score (nSPS) is 10.0. The van der Waals surface area contributed by atoms with Crippen molar-refractivity contribution in [2.24, 2.45) is 0 Å². The van der Waals surface area contributed by atoms with Gasteiger partial charge in [0, 0.05) is 5.56 Å². The predicted molar refractivity (Wildman–Crippen MR) is 55.3 cm³/mol. The minimum absolute atomic E-state index is 0.305. The number of aromatic carboxylic acids is 1. The highest BCUT2D eigenvalue weighted by Crippen LogP contribution is 2.34. The zero-order valence-electron chi connectivity index (χ0n) is 7.42. The van der Waals surface area contributed by atoms with E-state index in [0.29, 0.717) is 4.88 Å². The zero-order chi connectivity index (χ0) is 10.0. The summed E-state index contributed by atoms with van der Waals surface area (Å²) in [5.41, 5.74) is 1.67. The highest BCUT2D eigenvalue weighted by atomic mass is 32.2. The molecule has 70 valence electrons. The third-order valence-electron chi connectivity index (χ3n) is 1.73. The molecule has 0 saturated carbocycles. The van der Waals surface area contributed by atoms with E-state index < -0.39 is 5.97 Å². The Balaban J connectivity index is 3.34. The summed E-state index contributed by atoms with van der Waals surface area (Å²) in [4.78, 5) is 11.0. The monoisotopic (exact) mass is 213 g/mol. The molecule has 0 spiro atoms. The van der Waals surface area contributed by atoms with Crippen LogP contribution in [-0.2, 0) is 0 Å². The van der Waals surface area contributed by atoms with Crippen LogP contribution in [0.1, 0.15) is 20.8 Å². The van der Waals surface area contributed by atoms with E-state index in [1.807, 2.05) is 6.26 Å². The van der Waals surface area contributed by atoms with Gasteiger partial charge < -0.3 is 9.90 Å². The Hall–Kier alpha value is -0.740. The topological polar surface area (TPSA) is 40.1 Å². The molecule has 0 fully saturated rings. The van der Waals surface area contributed by atoms with Crippen LogP contribution in [0.4, 0.5) is 0 Å². The van der Waals surface area contributed by atoms with Crippen LogP contribution in [0.3, 0.4) is 0 Å². The first kappa shape index (κ1) is 10.3. The fourth-order valence-corrected chi connectivity index (χ4v) is 3.00. The predicted octanol–water partition coefficient (Wildman–Crippen LogP) is 1.78. The molecule has 0 amide bonds. The molecule has 0 N–H and O–H groups in total. The number of carboxylic acids is 1. The Bertz CT molecular complexity index is 353. The average molecular weight is 213 g/mol. The number of rotatable bonds is 3. The van der Waals surface area contributed by atoms with Crippen molar-refractivity contribution in [1.29, 1.82) is 0 Å². The third kappa shape index (κ3) is 1.78. The molecule has 1 aromatic rings. The molecule has 0 aliphatic heterocycles. The molecule has 0 atom stereocenters. The van der Waals surface area contributed by atoms with Gasteiger partial charge in [-0.05, 0) is 18.7 Å². The summed E-state index contributed by atoms with van der Waals surface area (Å²) in [7, 11) is 0. The minimum atomic E-state index is -1.11. The first-order chi connectivity index (χ1) is 6.11. The Kier molecular flexibility index (Phi) is 3.17. The van der Waals surface area contributed by atoms with Crippen LogP contribution in [0, 0.1) is 6.92 Å². The summed E-state index contributed by atoms with van der Waals surface area (Å²) in [6.45, 7) is 5.43. The second kappa shape index (κ2) is 3.98. The van der Waals surface area contributed by atoms with Crippen LogP contribution in [-0.4, -0.2) is 12.2 Å². The van der Waals surface area contributed by atoms with E-state index >= 15 is 0 Å². The van der Waals surface area contributed by atoms with E-state index in [1.165, 1.54) is 23.1 Å². The number of hydrogen-bond donors (Lipinski definition) is 0. The second-order valence-electron chi connectivity index (χ2n) is 2.45. The van der Waals surface area contributed by atoms with Gasteiger partial charge in [0.05, 0.1) is 15.1 Å². The molecule has 0 aromatic carbocycles. The summed E-state index contributed by atoms with van der Waals surface area (Å²) in [6, 6.07) is 0. The van der Waals surface area contributed by atoms with Crippen molar-refractivity contribution < 1.29 is 9.90 Å². The van der Waals surface area contributed by atoms with Gasteiger partial charge in [0.1, 0.15) is 0 Å². The molecule has 2 nitrogen and oxygen atoms in total. The summed E-state index contributed by atoms with van der Waals surface area (Å²) in [6.07, 6.45) is 3.60. The van der Waals surface area contributed by atoms with Crippen molar-refractivity contribution >= 4 is 35.1 Å². The molecular formula is C9H9O2S2-. The van der Waals surface area contributed by atoms with Crippen LogP contribution in [0.15, 0.2) is 10.8 Å². The van der Waals surface area contributed by atoms with Gasteiger partial charge in [0.25, 0.3) is 0 Å². The number of carbonyl (C=O) groups excluding carboxylic acids is 1. The van der Waals surface area contributed by atoms with E-state index in [1.54, 1.807) is 13.0 Å². The fourth-order valence-electron chi connectivity index (χ4n) is 1.08. The third-order valence-corrected chi connectivity index (χ3v) is 4.16. The SMILES string of the molecule is C=Cc1c(SC)sc(C(=O)[O-])c1C. The molecule has 1 rings (SSSR count). The Morgan fingerprint density at radius 3 is 2.62 bits per heavy atom. The highest BCUT2D eigenvalue weighted by Gasteiger charge is 2.12. The summed E-state index contributed by atoms with van der Waals surface area (Å²) in [5.74, 6) is -1.11. The van der Waals surface area contributed by atoms with Crippen molar-refractivity contribution in [1.82, 2.24) is 0 Å². The first-order valence-corrected chi connectivity index (χ1v) is 5.67. The number of carboxylic acid groups (broad SMARTS) is 1. The van der Waals surface area contributed by atoms with Crippen LogP contribution in [0.25, 0.3) is 6.08 Å². The quantitative estimate of drug-likeness (QED) is 0.719. The van der Waals surface area contributed by atoms with Crippen LogP contribution >= 0.6 is 23.1 Å². The van der Waals surface area contributed by atoms with Gasteiger partial charge >= 0.3 is 0 Å². The molecule has 0 unspecified atom stereocenters. The van der Waals surface area contributed by atoms with Gasteiger partial charge in [-0.15, -0.1) is 23.1 Å². The molecule has 0 aliphatic carbocycles. The Morgan fingerprint density at radius 1 is 1.69 bits per heavy atom. The lowest BCUT2D eigenvalue weighted by atomic mass is 10.2. The molecular weight excluding hydrogens is 204 g/mol. The maximum Gasteiger partial charge on any atom is 0.0818 e. The minimum Gasteiger partial charge on any atom is -0.544 e. The molecule has 0 saturated heterocycles. The highest BCUT2D eigenvalue weighted by molar-refractivity contribution is 8.00. The average Bonchev–Trinajstić information content (AvgIpc) is 2.41. The summed E-state index contributed by atoms with van der Waals surface area (Å²) < 4.78 is 0.978. The smallest absolute Gasteiger partial charge is 0.0818 e. The van der Waals surface area contributed by atoms with Gasteiger partial charge in [0.15, 0.2) is 0 Å². The van der Waals surface area contributed by atoms with Crippen molar-refractivity contribution in [2.45, 2.75) is 11.1 Å². The molecule has 0 bridgehead atoms. The van der Waals surface area contributed by atoms with Gasteiger partial charge in [-0.3, -0.25) is 0 Å². The van der Waals surface area contributed by atoms with E-state index in [4.69, 9.17) is 0 Å². The van der Waals surface area contributed by atoms with Crippen molar-refractivity contribution in [3.8, 4) is 0 Å². The largest absolute Gasteiger partial charge is 0.544 e. The molecule has 0 radical (unpaired) electrons. The zero-order valence-corrected chi connectivity index (χ0v) is 9.05. The van der Waals surface area contributed by atoms with E-state index in [-0.39, 0.29) is 0 Å². The second-order valence-corrected chi connectivity index (χ2v) is 4.55. The van der Waals surface area contributed by atoms with Crippen molar-refractivity contribution in [3.05, 3.63) is 22.6 Å². The first-order valence-electron chi connectivity index (χ1n) is 3.63. The molecule has 4 heteroatoms. The molecule has 13 heavy (non-hydrogen) atoms. The Labute approximate surface area is 85.3 Å². The standard InChI is InChI=1S/C9H10O2S2/c1-4-6-5(2)7(8(10)11)13-9(6)12-3/h4H,1H2,2-3H3,(H,10,11)/p-1. The van der Waals surface area contributed by atoms with Crippen molar-refractivity contribution in [3.63, 3.8) is 0 Å². The number of thiophene rings is 1. The molecule has 1 heterocycles. The van der Waals surface area contributed by atoms with Crippen LogP contribution in [0.5, 0.6) is 0 Å².